The second-order valence-electron chi connectivity index (χ2n) is 4.11. The first-order valence-corrected chi connectivity index (χ1v) is 7.37. The Morgan fingerprint density at radius 2 is 2.00 bits per heavy atom. The highest BCUT2D eigenvalue weighted by Gasteiger charge is 2.14. The average molecular weight is 296 g/mol. The van der Waals surface area contributed by atoms with Crippen LogP contribution in [-0.2, 0) is 14.3 Å². The van der Waals surface area contributed by atoms with Crippen molar-refractivity contribution in [2.75, 3.05) is 25.6 Å². The van der Waals surface area contributed by atoms with Crippen molar-refractivity contribution in [3.05, 3.63) is 18.2 Å². The lowest BCUT2D eigenvalue weighted by Gasteiger charge is -2.18. The van der Waals surface area contributed by atoms with Crippen molar-refractivity contribution >= 4 is 23.5 Å². The van der Waals surface area contributed by atoms with Gasteiger partial charge in [0.1, 0.15) is 19.6 Å². The Kier molecular flexibility index (Phi) is 5.29. The largest absolute Gasteiger partial charge is 0.486 e. The third-order valence-electron chi connectivity index (χ3n) is 2.56. The van der Waals surface area contributed by atoms with Crippen LogP contribution in [0.15, 0.2) is 23.1 Å². The molecule has 0 atom stereocenters. The fraction of sp³-hybridized carbons (Fsp3) is 0.429. The van der Waals surface area contributed by atoms with Gasteiger partial charge in [-0.1, -0.05) is 0 Å². The number of Topliss-reactive ketones (excluding diaryl/α,β-unsaturated/α-hetero) is 1. The molecule has 1 aromatic rings. The summed E-state index contributed by atoms with van der Waals surface area (Å²) in [4.78, 5) is 23.7. The summed E-state index contributed by atoms with van der Waals surface area (Å²) < 4.78 is 15.6. The normalized spacial score (nSPS) is 12.8. The standard InChI is InChI=1S/C14H16O5S/c1-2-17-14(16)7-10(15)9-20-11-3-4-12-13(8-11)19-6-5-18-12/h3-4,8H,2,5-7,9H2,1H3. The van der Waals surface area contributed by atoms with Gasteiger partial charge in [0.2, 0.25) is 0 Å². The summed E-state index contributed by atoms with van der Waals surface area (Å²) in [5, 5.41) is 0. The molecule has 0 bridgehead atoms. The van der Waals surface area contributed by atoms with Crippen LogP contribution in [0.3, 0.4) is 0 Å². The van der Waals surface area contributed by atoms with Crippen LogP contribution >= 0.6 is 11.8 Å². The average Bonchev–Trinajstić information content (AvgIpc) is 2.45. The Morgan fingerprint density at radius 1 is 1.25 bits per heavy atom. The van der Waals surface area contributed by atoms with E-state index in [9.17, 15) is 9.59 Å². The van der Waals surface area contributed by atoms with E-state index in [4.69, 9.17) is 14.2 Å². The molecule has 5 nitrogen and oxygen atoms in total. The van der Waals surface area contributed by atoms with E-state index >= 15 is 0 Å². The van der Waals surface area contributed by atoms with Crippen LogP contribution in [0.2, 0.25) is 0 Å². The zero-order chi connectivity index (χ0) is 14.4. The third kappa shape index (κ3) is 4.16. The van der Waals surface area contributed by atoms with Gasteiger partial charge in [-0.2, -0.15) is 0 Å². The van der Waals surface area contributed by atoms with Gasteiger partial charge in [-0.3, -0.25) is 9.59 Å². The smallest absolute Gasteiger partial charge is 0.313 e. The lowest BCUT2D eigenvalue weighted by molar-refractivity contribution is -0.145. The molecule has 0 radical (unpaired) electrons. The summed E-state index contributed by atoms with van der Waals surface area (Å²) in [5.41, 5.74) is 0. The van der Waals surface area contributed by atoms with Gasteiger partial charge in [0.05, 0.1) is 12.4 Å². The number of fused-ring (bicyclic) bond motifs is 1. The Balaban J connectivity index is 1.84. The first kappa shape index (κ1) is 14.7. The molecule has 0 amide bonds. The van der Waals surface area contributed by atoms with E-state index in [-0.39, 0.29) is 18.0 Å². The highest BCUT2D eigenvalue weighted by atomic mass is 32.2. The van der Waals surface area contributed by atoms with E-state index in [1.54, 1.807) is 6.92 Å². The fourth-order valence-corrected chi connectivity index (χ4v) is 2.49. The molecule has 0 N–H and O–H groups in total. The quantitative estimate of drug-likeness (QED) is 0.455. The van der Waals surface area contributed by atoms with Crippen LogP contribution in [0.1, 0.15) is 13.3 Å². The molecule has 0 saturated heterocycles. The second kappa shape index (κ2) is 7.19. The van der Waals surface area contributed by atoms with E-state index in [2.05, 4.69) is 0 Å². The number of esters is 1. The lowest BCUT2D eigenvalue weighted by atomic mass is 10.3. The minimum Gasteiger partial charge on any atom is -0.486 e. The van der Waals surface area contributed by atoms with Crippen LogP contribution in [0.4, 0.5) is 0 Å². The zero-order valence-electron chi connectivity index (χ0n) is 11.2. The monoisotopic (exact) mass is 296 g/mol. The van der Waals surface area contributed by atoms with Crippen molar-refractivity contribution in [1.82, 2.24) is 0 Å². The van der Waals surface area contributed by atoms with Gasteiger partial charge in [0, 0.05) is 4.90 Å². The molecule has 0 spiro atoms. The number of ketones is 1. The van der Waals surface area contributed by atoms with Crippen molar-refractivity contribution in [2.45, 2.75) is 18.2 Å². The number of ether oxygens (including phenoxy) is 3. The van der Waals surface area contributed by atoms with Crippen molar-refractivity contribution in [3.8, 4) is 11.5 Å². The number of carbonyl (C=O) groups is 2. The Morgan fingerprint density at radius 3 is 2.75 bits per heavy atom. The maximum Gasteiger partial charge on any atom is 0.313 e. The molecular formula is C14H16O5S. The highest BCUT2D eigenvalue weighted by Crippen LogP contribution is 2.34. The van der Waals surface area contributed by atoms with Gasteiger partial charge in [-0.15, -0.1) is 11.8 Å². The molecule has 1 aromatic carbocycles. The summed E-state index contributed by atoms with van der Waals surface area (Å²) in [7, 11) is 0. The lowest BCUT2D eigenvalue weighted by Crippen LogP contribution is -2.15. The number of thioether (sulfide) groups is 1. The van der Waals surface area contributed by atoms with Gasteiger partial charge >= 0.3 is 5.97 Å². The topological polar surface area (TPSA) is 61.8 Å². The first-order chi connectivity index (χ1) is 9.69. The summed E-state index contributed by atoms with van der Waals surface area (Å²) in [6.45, 7) is 3.09. The van der Waals surface area contributed by atoms with Gasteiger partial charge < -0.3 is 14.2 Å². The maximum absolute atomic E-state index is 11.6. The van der Waals surface area contributed by atoms with E-state index in [0.29, 0.717) is 25.6 Å². The minimum atomic E-state index is -0.472. The maximum atomic E-state index is 11.6. The van der Waals surface area contributed by atoms with Crippen molar-refractivity contribution < 1.29 is 23.8 Å². The van der Waals surface area contributed by atoms with E-state index in [1.807, 2.05) is 18.2 Å². The number of benzene rings is 1. The molecule has 0 unspecified atom stereocenters. The Hall–Kier alpha value is -1.69. The second-order valence-corrected chi connectivity index (χ2v) is 5.16. The van der Waals surface area contributed by atoms with Gasteiger partial charge in [-0.05, 0) is 25.1 Å². The molecule has 0 saturated carbocycles. The van der Waals surface area contributed by atoms with Crippen molar-refractivity contribution in [3.63, 3.8) is 0 Å². The molecule has 0 aromatic heterocycles. The number of rotatable bonds is 6. The highest BCUT2D eigenvalue weighted by molar-refractivity contribution is 8.00. The summed E-state index contributed by atoms with van der Waals surface area (Å²) in [6, 6.07) is 5.54. The van der Waals surface area contributed by atoms with Crippen LogP contribution in [0, 0.1) is 0 Å². The number of hydrogen-bond acceptors (Lipinski definition) is 6. The third-order valence-corrected chi connectivity index (χ3v) is 3.61. The molecule has 1 heterocycles. The Labute approximate surface area is 121 Å². The summed E-state index contributed by atoms with van der Waals surface area (Å²) >= 11 is 1.37. The molecular weight excluding hydrogens is 280 g/mol. The fourth-order valence-electron chi connectivity index (χ4n) is 1.70. The van der Waals surface area contributed by atoms with Crippen LogP contribution < -0.4 is 9.47 Å². The van der Waals surface area contributed by atoms with E-state index < -0.39 is 5.97 Å². The van der Waals surface area contributed by atoms with E-state index in [1.165, 1.54) is 11.8 Å². The van der Waals surface area contributed by atoms with Crippen molar-refractivity contribution in [2.24, 2.45) is 0 Å². The first-order valence-electron chi connectivity index (χ1n) is 6.39. The predicted octanol–water partition coefficient (Wildman–Crippen LogP) is 2.07. The number of carbonyl (C=O) groups excluding carboxylic acids is 2. The summed E-state index contributed by atoms with van der Waals surface area (Å²) in [6.07, 6.45) is -0.175. The molecule has 0 aliphatic carbocycles. The SMILES string of the molecule is CCOC(=O)CC(=O)CSc1ccc2c(c1)OCCO2. The molecule has 2 rings (SSSR count). The molecule has 0 fully saturated rings. The summed E-state index contributed by atoms with van der Waals surface area (Å²) in [5.74, 6) is 1.03. The van der Waals surface area contributed by atoms with Crippen molar-refractivity contribution in [1.29, 1.82) is 0 Å². The van der Waals surface area contributed by atoms with Gasteiger partial charge in [0.15, 0.2) is 17.3 Å². The Bertz CT molecular complexity index is 500. The van der Waals surface area contributed by atoms with E-state index in [0.717, 1.165) is 10.6 Å². The molecule has 1 aliphatic heterocycles. The zero-order valence-corrected chi connectivity index (χ0v) is 12.0. The number of hydrogen-bond donors (Lipinski definition) is 0. The minimum absolute atomic E-state index is 0.150. The molecule has 1 aliphatic rings. The molecule has 108 valence electrons. The van der Waals surface area contributed by atoms with Gasteiger partial charge in [-0.25, -0.2) is 0 Å². The molecule has 6 heteroatoms. The van der Waals surface area contributed by atoms with Crippen LogP contribution in [0.25, 0.3) is 0 Å². The van der Waals surface area contributed by atoms with Crippen LogP contribution in [0.5, 0.6) is 11.5 Å². The molecule has 20 heavy (non-hydrogen) atoms. The van der Waals surface area contributed by atoms with Crippen LogP contribution in [-0.4, -0.2) is 37.3 Å². The predicted molar refractivity (Wildman–Crippen MR) is 74.4 cm³/mol. The van der Waals surface area contributed by atoms with Gasteiger partial charge in [0.25, 0.3) is 0 Å².